The minimum Gasteiger partial charge on any atom is -0.480 e. The number of methoxy groups -OCH3 is 2. The van der Waals surface area contributed by atoms with Gasteiger partial charge in [-0.3, -0.25) is 10.1 Å². The van der Waals surface area contributed by atoms with E-state index in [1.807, 2.05) is 0 Å². The third-order valence-electron chi connectivity index (χ3n) is 4.82. The number of hydrogen-bond donors (Lipinski definition) is 1. The van der Waals surface area contributed by atoms with Gasteiger partial charge >= 0.3 is 0 Å². The largest absolute Gasteiger partial charge is 0.480 e. The Bertz CT molecular complexity index is 1490. The molecule has 0 radical (unpaired) electrons. The number of oxime groups is 1. The molecule has 0 bridgehead atoms. The van der Waals surface area contributed by atoms with Gasteiger partial charge in [0.25, 0.3) is 5.91 Å². The van der Waals surface area contributed by atoms with Gasteiger partial charge < -0.3 is 14.3 Å². The maximum absolute atomic E-state index is 13.2. The summed E-state index contributed by atoms with van der Waals surface area (Å²) in [5, 5.41) is 9.44. The Hall–Kier alpha value is -3.53. The molecule has 0 aliphatic heterocycles. The summed E-state index contributed by atoms with van der Waals surface area (Å²) in [6.07, 6.45) is 3.44. The van der Waals surface area contributed by atoms with E-state index >= 15 is 0 Å². The number of nitrogens with zero attached hydrogens (tertiary/aromatic N) is 5. The number of aromatic nitrogens is 4. The minimum atomic E-state index is -3.50. The molecule has 194 valence electrons. The highest BCUT2D eigenvalue weighted by molar-refractivity contribution is 7.91. The second-order valence-electron chi connectivity index (χ2n) is 7.34. The summed E-state index contributed by atoms with van der Waals surface area (Å²) in [4.78, 5) is 36.0. The average Bonchev–Trinajstić information content (AvgIpc) is 3.55. The van der Waals surface area contributed by atoms with E-state index in [9.17, 15) is 13.2 Å². The normalized spacial score (nSPS) is 12.0. The van der Waals surface area contributed by atoms with Crippen molar-refractivity contribution in [2.75, 3.05) is 31.9 Å². The molecule has 3 heterocycles. The van der Waals surface area contributed by atoms with Gasteiger partial charge in [0.15, 0.2) is 37.8 Å². The minimum absolute atomic E-state index is 0.0526. The molecule has 1 aromatic carbocycles. The molecule has 37 heavy (non-hydrogen) atoms. The highest BCUT2D eigenvalue weighted by Gasteiger charge is 2.20. The van der Waals surface area contributed by atoms with Crippen LogP contribution in [0.2, 0.25) is 0 Å². The van der Waals surface area contributed by atoms with Crippen molar-refractivity contribution >= 4 is 59.7 Å². The van der Waals surface area contributed by atoms with Gasteiger partial charge in [-0.15, -0.1) is 11.3 Å². The molecule has 4 aromatic rings. The maximum Gasteiger partial charge on any atom is 0.280 e. The van der Waals surface area contributed by atoms with Crippen LogP contribution >= 0.6 is 22.7 Å². The molecule has 1 N–H and O–H groups in total. The molecule has 0 aliphatic carbocycles. The van der Waals surface area contributed by atoms with Gasteiger partial charge in [-0.05, 0) is 18.6 Å². The van der Waals surface area contributed by atoms with Crippen molar-refractivity contribution in [3.8, 4) is 5.88 Å². The molecule has 0 saturated carbocycles. The van der Waals surface area contributed by atoms with E-state index in [0.717, 1.165) is 11.3 Å². The standard InChI is InChI=1S/C22H22N6O6S3/c1-32-9-3-11-37(30,31)15-6-4-14(5-7-15)18(28-34-13-17-23-8-10-35-17)20(29)27-22-26-19-21(36-22)25-16(33-2)12-24-19/h4-8,10,12H,3,9,11,13H2,1-2H3,(H,24,26,27,29)/b28-18+. The molecule has 4 rings (SSSR count). The number of fused-ring (bicyclic) bond motifs is 1. The van der Waals surface area contributed by atoms with Crippen LogP contribution in [0.1, 0.15) is 17.0 Å². The molecule has 1 amide bonds. The number of hydrogen-bond acceptors (Lipinski definition) is 13. The lowest BCUT2D eigenvalue weighted by Gasteiger charge is -2.08. The molecule has 0 spiro atoms. The third-order valence-corrected chi connectivity index (χ3v) is 8.25. The topological polar surface area (TPSA) is 155 Å². The molecule has 0 atom stereocenters. The van der Waals surface area contributed by atoms with Crippen LogP contribution in [0.4, 0.5) is 5.13 Å². The van der Waals surface area contributed by atoms with Gasteiger partial charge in [0.1, 0.15) is 5.01 Å². The van der Waals surface area contributed by atoms with Gasteiger partial charge in [0, 0.05) is 30.9 Å². The fourth-order valence-electron chi connectivity index (χ4n) is 3.05. The lowest BCUT2D eigenvalue weighted by molar-refractivity contribution is -0.110. The van der Waals surface area contributed by atoms with E-state index in [2.05, 4.69) is 30.4 Å². The fourth-order valence-corrected chi connectivity index (χ4v) is 5.64. The Balaban J connectivity index is 1.57. The predicted octanol–water partition coefficient (Wildman–Crippen LogP) is 2.92. The number of rotatable bonds is 12. The smallest absolute Gasteiger partial charge is 0.280 e. The zero-order chi connectivity index (χ0) is 26.3. The van der Waals surface area contributed by atoms with Crippen LogP contribution in [-0.4, -0.2) is 66.6 Å². The Morgan fingerprint density at radius 1 is 1.14 bits per heavy atom. The molecule has 0 fully saturated rings. The summed E-state index contributed by atoms with van der Waals surface area (Å²) in [5.74, 6) is -0.340. The lowest BCUT2D eigenvalue weighted by Crippen LogP contribution is -2.24. The molecular weight excluding hydrogens is 540 g/mol. The number of carbonyl (C=O) groups is 1. The molecule has 3 aromatic heterocycles. The number of ether oxygens (including phenoxy) is 2. The van der Waals surface area contributed by atoms with Crippen LogP contribution in [0.25, 0.3) is 10.5 Å². The third kappa shape index (κ3) is 6.82. The number of amides is 1. The first kappa shape index (κ1) is 26.5. The van der Waals surface area contributed by atoms with Crippen molar-refractivity contribution in [2.45, 2.75) is 17.9 Å². The number of nitrogens with one attached hydrogen (secondary N) is 1. The van der Waals surface area contributed by atoms with Crippen molar-refractivity contribution in [1.29, 1.82) is 0 Å². The summed E-state index contributed by atoms with van der Waals surface area (Å²) in [6.45, 7) is 0.406. The predicted molar refractivity (Wildman–Crippen MR) is 139 cm³/mol. The average molecular weight is 563 g/mol. The monoisotopic (exact) mass is 562 g/mol. The second kappa shape index (κ2) is 12.1. The van der Waals surface area contributed by atoms with E-state index < -0.39 is 15.7 Å². The van der Waals surface area contributed by atoms with Crippen molar-refractivity contribution in [3.63, 3.8) is 0 Å². The number of carbonyl (C=O) groups excluding carboxylic acids is 1. The van der Waals surface area contributed by atoms with Crippen molar-refractivity contribution in [3.05, 3.63) is 52.6 Å². The summed E-state index contributed by atoms with van der Waals surface area (Å²) in [6, 6.07) is 5.86. The Kier molecular flexibility index (Phi) is 8.70. The van der Waals surface area contributed by atoms with E-state index in [0.29, 0.717) is 40.0 Å². The van der Waals surface area contributed by atoms with E-state index in [1.165, 1.54) is 56.0 Å². The van der Waals surface area contributed by atoms with E-state index in [-0.39, 0.29) is 28.1 Å². The Morgan fingerprint density at radius 2 is 1.95 bits per heavy atom. The van der Waals surface area contributed by atoms with Crippen LogP contribution in [0.5, 0.6) is 5.88 Å². The number of thiazole rings is 2. The number of anilines is 1. The first-order valence-electron chi connectivity index (χ1n) is 10.8. The van der Waals surface area contributed by atoms with Crippen LogP contribution in [0.3, 0.4) is 0 Å². The highest BCUT2D eigenvalue weighted by Crippen LogP contribution is 2.25. The zero-order valence-corrected chi connectivity index (χ0v) is 22.2. The number of benzene rings is 1. The van der Waals surface area contributed by atoms with E-state index in [4.69, 9.17) is 14.3 Å². The Labute approximate surface area is 220 Å². The van der Waals surface area contributed by atoms with Crippen LogP contribution in [0.15, 0.2) is 52.1 Å². The Morgan fingerprint density at radius 3 is 2.65 bits per heavy atom. The highest BCUT2D eigenvalue weighted by atomic mass is 32.2. The second-order valence-corrected chi connectivity index (χ2v) is 11.4. The van der Waals surface area contributed by atoms with Gasteiger partial charge in [-0.1, -0.05) is 28.6 Å². The summed E-state index contributed by atoms with van der Waals surface area (Å²) in [5.41, 5.74) is 0.631. The van der Waals surface area contributed by atoms with Gasteiger partial charge in [-0.2, -0.15) is 9.97 Å². The maximum atomic E-state index is 13.2. The van der Waals surface area contributed by atoms with Crippen molar-refractivity contribution in [2.24, 2.45) is 5.16 Å². The fraction of sp³-hybridized carbons (Fsp3) is 0.273. The van der Waals surface area contributed by atoms with E-state index in [1.54, 1.807) is 11.6 Å². The van der Waals surface area contributed by atoms with Crippen LogP contribution in [0, 0.1) is 0 Å². The SMILES string of the molecule is COCCCS(=O)(=O)c1ccc(/C(=N\OCc2nccs2)C(=O)Nc2nc3ncc(OC)nc3s2)cc1. The lowest BCUT2D eigenvalue weighted by atomic mass is 10.1. The van der Waals surface area contributed by atoms with Crippen molar-refractivity contribution in [1.82, 2.24) is 19.9 Å². The first-order valence-corrected chi connectivity index (χ1v) is 14.1. The summed E-state index contributed by atoms with van der Waals surface area (Å²) >= 11 is 2.50. The van der Waals surface area contributed by atoms with Gasteiger partial charge in [0.2, 0.25) is 5.88 Å². The summed E-state index contributed by atoms with van der Waals surface area (Å²) in [7, 11) is -0.510. The quantitative estimate of drug-likeness (QED) is 0.155. The summed E-state index contributed by atoms with van der Waals surface area (Å²) < 4.78 is 35.2. The number of sulfone groups is 1. The van der Waals surface area contributed by atoms with Crippen LogP contribution in [-0.2, 0) is 30.8 Å². The van der Waals surface area contributed by atoms with Gasteiger partial charge in [-0.25, -0.2) is 18.4 Å². The van der Waals surface area contributed by atoms with Gasteiger partial charge in [0.05, 0.1) is 24.0 Å². The molecule has 12 nitrogen and oxygen atoms in total. The molecule has 0 saturated heterocycles. The van der Waals surface area contributed by atoms with Crippen LogP contribution < -0.4 is 10.1 Å². The first-order chi connectivity index (χ1) is 17.9. The zero-order valence-electron chi connectivity index (χ0n) is 19.8. The molecule has 0 unspecified atom stereocenters. The molecule has 15 heteroatoms. The van der Waals surface area contributed by atoms with Crippen molar-refractivity contribution < 1.29 is 27.5 Å². The molecular formula is C22H22N6O6S3. The molecule has 0 aliphatic rings.